The smallest absolute Gasteiger partial charge is 0.303 e. The van der Waals surface area contributed by atoms with E-state index in [4.69, 9.17) is 4.74 Å². The second kappa shape index (κ2) is 4.21. The van der Waals surface area contributed by atoms with Crippen LogP contribution >= 0.6 is 11.3 Å². The molecule has 0 bridgehead atoms. The Kier molecular flexibility index (Phi) is 3.22. The Morgan fingerprint density at radius 2 is 2.58 bits per heavy atom. The van der Waals surface area contributed by atoms with Gasteiger partial charge in [0.05, 0.1) is 0 Å². The van der Waals surface area contributed by atoms with Gasteiger partial charge < -0.3 is 4.74 Å². The fraction of sp³-hybridized carbons (Fsp3) is 0.500. The van der Waals surface area contributed by atoms with Crippen LogP contribution in [0.2, 0.25) is 0 Å². The minimum Gasteiger partial charge on any atom is -0.455 e. The van der Waals surface area contributed by atoms with E-state index in [1.54, 1.807) is 6.20 Å². The maximum Gasteiger partial charge on any atom is 0.303 e. The van der Waals surface area contributed by atoms with Gasteiger partial charge in [-0.2, -0.15) is 0 Å². The van der Waals surface area contributed by atoms with E-state index in [0.717, 1.165) is 11.4 Å². The molecule has 0 spiro atoms. The fourth-order valence-electron chi connectivity index (χ4n) is 0.902. The van der Waals surface area contributed by atoms with Crippen LogP contribution in [0.3, 0.4) is 0 Å². The number of rotatable bonds is 3. The predicted molar refractivity (Wildman–Crippen MR) is 46.9 cm³/mol. The average molecular weight is 185 g/mol. The summed E-state index contributed by atoms with van der Waals surface area (Å²) in [6.45, 7) is 3.38. The molecule has 1 aromatic rings. The van der Waals surface area contributed by atoms with E-state index in [1.807, 2.05) is 12.3 Å². The van der Waals surface area contributed by atoms with E-state index in [2.05, 4.69) is 4.98 Å². The number of ether oxygens (including phenoxy) is 1. The van der Waals surface area contributed by atoms with Crippen LogP contribution in [0.15, 0.2) is 11.6 Å². The Hall–Kier alpha value is -0.900. The van der Waals surface area contributed by atoms with Gasteiger partial charge >= 0.3 is 5.97 Å². The molecule has 1 heterocycles. The summed E-state index contributed by atoms with van der Waals surface area (Å²) in [5, 5.41) is 2.74. The van der Waals surface area contributed by atoms with Gasteiger partial charge in [-0.05, 0) is 6.42 Å². The molecule has 0 saturated heterocycles. The maximum absolute atomic E-state index is 10.7. The zero-order valence-corrected chi connectivity index (χ0v) is 7.93. The van der Waals surface area contributed by atoms with Gasteiger partial charge in [0.15, 0.2) is 6.10 Å². The Balaban J connectivity index is 2.63. The van der Waals surface area contributed by atoms with Crippen LogP contribution in [0.1, 0.15) is 31.4 Å². The molecular formula is C8H11NO2S. The van der Waals surface area contributed by atoms with E-state index in [0.29, 0.717) is 0 Å². The molecule has 12 heavy (non-hydrogen) atoms. The van der Waals surface area contributed by atoms with E-state index in [1.165, 1.54) is 18.3 Å². The van der Waals surface area contributed by atoms with Crippen LogP contribution in [0.5, 0.6) is 0 Å². The van der Waals surface area contributed by atoms with Crippen LogP contribution in [0, 0.1) is 0 Å². The molecule has 0 saturated carbocycles. The van der Waals surface area contributed by atoms with Crippen LogP contribution in [0.4, 0.5) is 0 Å². The highest BCUT2D eigenvalue weighted by molar-refractivity contribution is 7.09. The van der Waals surface area contributed by atoms with Gasteiger partial charge in [0, 0.05) is 18.5 Å². The van der Waals surface area contributed by atoms with Crippen LogP contribution in [-0.4, -0.2) is 11.0 Å². The topological polar surface area (TPSA) is 39.2 Å². The normalized spacial score (nSPS) is 12.5. The summed E-state index contributed by atoms with van der Waals surface area (Å²) in [6, 6.07) is 0. The van der Waals surface area contributed by atoms with Crippen molar-refractivity contribution in [2.45, 2.75) is 26.4 Å². The summed E-state index contributed by atoms with van der Waals surface area (Å²) < 4.78 is 5.05. The monoisotopic (exact) mass is 185 g/mol. The lowest BCUT2D eigenvalue weighted by atomic mass is 10.3. The molecule has 1 rings (SSSR count). The molecule has 0 aliphatic heterocycles. The minimum absolute atomic E-state index is 0.164. The van der Waals surface area contributed by atoms with Crippen molar-refractivity contribution >= 4 is 17.3 Å². The maximum atomic E-state index is 10.7. The summed E-state index contributed by atoms with van der Waals surface area (Å²) in [4.78, 5) is 14.7. The molecule has 0 fully saturated rings. The van der Waals surface area contributed by atoms with E-state index >= 15 is 0 Å². The molecule has 0 aromatic carbocycles. The van der Waals surface area contributed by atoms with E-state index < -0.39 is 0 Å². The third kappa shape index (κ3) is 2.30. The summed E-state index contributed by atoms with van der Waals surface area (Å²) in [6.07, 6.45) is 2.32. The van der Waals surface area contributed by atoms with Crippen molar-refractivity contribution in [3.8, 4) is 0 Å². The molecule has 1 aromatic heterocycles. The SMILES string of the molecule is CCC(OC(C)=O)c1nccs1. The van der Waals surface area contributed by atoms with Crippen molar-refractivity contribution in [1.82, 2.24) is 4.98 Å². The Bertz CT molecular complexity index is 246. The largest absolute Gasteiger partial charge is 0.455 e. The first kappa shape index (κ1) is 9.19. The first-order valence-corrected chi connectivity index (χ1v) is 4.68. The fourth-order valence-corrected chi connectivity index (χ4v) is 1.65. The lowest BCUT2D eigenvalue weighted by Gasteiger charge is -2.11. The van der Waals surface area contributed by atoms with Crippen molar-refractivity contribution in [3.05, 3.63) is 16.6 Å². The highest BCUT2D eigenvalue weighted by Gasteiger charge is 2.14. The van der Waals surface area contributed by atoms with Crippen molar-refractivity contribution in [3.63, 3.8) is 0 Å². The summed E-state index contributed by atoms with van der Waals surface area (Å²) in [5.41, 5.74) is 0. The van der Waals surface area contributed by atoms with Gasteiger partial charge in [0.2, 0.25) is 0 Å². The Labute approximate surface area is 75.4 Å². The predicted octanol–water partition coefficient (Wildman–Crippen LogP) is 2.16. The van der Waals surface area contributed by atoms with Gasteiger partial charge in [0.25, 0.3) is 0 Å². The third-order valence-corrected chi connectivity index (χ3v) is 2.27. The molecular weight excluding hydrogens is 174 g/mol. The lowest BCUT2D eigenvalue weighted by Crippen LogP contribution is -2.06. The second-order valence-corrected chi connectivity index (χ2v) is 3.30. The van der Waals surface area contributed by atoms with Crippen molar-refractivity contribution in [1.29, 1.82) is 0 Å². The van der Waals surface area contributed by atoms with Crippen molar-refractivity contribution in [2.24, 2.45) is 0 Å². The number of nitrogens with zero attached hydrogens (tertiary/aromatic N) is 1. The number of hydrogen-bond donors (Lipinski definition) is 0. The highest BCUT2D eigenvalue weighted by atomic mass is 32.1. The second-order valence-electron chi connectivity index (χ2n) is 2.38. The summed E-state index contributed by atoms with van der Waals surface area (Å²) in [5.74, 6) is -0.253. The van der Waals surface area contributed by atoms with Gasteiger partial charge in [-0.25, -0.2) is 4.98 Å². The molecule has 0 radical (unpaired) electrons. The average Bonchev–Trinajstić information content (AvgIpc) is 2.51. The number of esters is 1. The van der Waals surface area contributed by atoms with Gasteiger partial charge in [-0.3, -0.25) is 4.79 Å². The first-order chi connectivity index (χ1) is 5.74. The number of carbonyl (C=O) groups excluding carboxylic acids is 1. The molecule has 0 amide bonds. The number of carbonyl (C=O) groups is 1. The molecule has 0 aliphatic carbocycles. The standard InChI is InChI=1S/C8H11NO2S/c1-3-7(11-6(2)10)8-9-4-5-12-8/h4-5,7H,3H2,1-2H3. The quantitative estimate of drug-likeness (QED) is 0.677. The van der Waals surface area contributed by atoms with Crippen LogP contribution in [-0.2, 0) is 9.53 Å². The Morgan fingerprint density at radius 3 is 3.00 bits per heavy atom. The number of aromatic nitrogens is 1. The third-order valence-electron chi connectivity index (χ3n) is 1.41. The summed E-state index contributed by atoms with van der Waals surface area (Å²) >= 11 is 1.51. The van der Waals surface area contributed by atoms with Gasteiger partial charge in [-0.1, -0.05) is 6.92 Å². The zero-order chi connectivity index (χ0) is 8.97. The van der Waals surface area contributed by atoms with Gasteiger partial charge in [-0.15, -0.1) is 11.3 Å². The lowest BCUT2D eigenvalue weighted by molar-refractivity contribution is -0.146. The Morgan fingerprint density at radius 1 is 1.83 bits per heavy atom. The van der Waals surface area contributed by atoms with E-state index in [9.17, 15) is 4.79 Å². The zero-order valence-electron chi connectivity index (χ0n) is 7.11. The number of thiazole rings is 1. The molecule has 1 atom stereocenters. The molecule has 66 valence electrons. The molecule has 4 heteroatoms. The van der Waals surface area contributed by atoms with Crippen molar-refractivity contribution in [2.75, 3.05) is 0 Å². The first-order valence-electron chi connectivity index (χ1n) is 3.80. The van der Waals surface area contributed by atoms with Crippen LogP contribution in [0.25, 0.3) is 0 Å². The van der Waals surface area contributed by atoms with Gasteiger partial charge in [0.1, 0.15) is 5.01 Å². The van der Waals surface area contributed by atoms with Crippen molar-refractivity contribution < 1.29 is 9.53 Å². The number of hydrogen-bond acceptors (Lipinski definition) is 4. The highest BCUT2D eigenvalue weighted by Crippen LogP contribution is 2.22. The molecule has 1 unspecified atom stereocenters. The summed E-state index contributed by atoms with van der Waals surface area (Å²) in [7, 11) is 0. The minimum atomic E-state index is -0.253. The van der Waals surface area contributed by atoms with Crippen LogP contribution < -0.4 is 0 Å². The molecule has 0 N–H and O–H groups in total. The van der Waals surface area contributed by atoms with E-state index in [-0.39, 0.29) is 12.1 Å². The molecule has 3 nitrogen and oxygen atoms in total. The molecule has 0 aliphatic rings.